The van der Waals surface area contributed by atoms with Crippen LogP contribution in [-0.4, -0.2) is 53.4 Å². The first-order valence-corrected chi connectivity index (χ1v) is 9.37. The first-order chi connectivity index (χ1) is 12.4. The van der Waals surface area contributed by atoms with Crippen molar-refractivity contribution in [2.45, 2.75) is 19.5 Å². The van der Waals surface area contributed by atoms with E-state index in [9.17, 15) is 18.0 Å². The van der Waals surface area contributed by atoms with Gasteiger partial charge in [-0.1, -0.05) is 19.1 Å². The van der Waals surface area contributed by atoms with E-state index in [0.29, 0.717) is 16.3 Å². The molecule has 3 rings (SSSR count). The van der Waals surface area contributed by atoms with Gasteiger partial charge in [0.25, 0.3) is 0 Å². The van der Waals surface area contributed by atoms with E-state index >= 15 is 0 Å². The van der Waals surface area contributed by atoms with Crippen LogP contribution in [-0.2, 0) is 17.4 Å². The summed E-state index contributed by atoms with van der Waals surface area (Å²) in [5.41, 5.74) is 0.602. The van der Waals surface area contributed by atoms with Crippen LogP contribution in [0, 0.1) is 0 Å². The van der Waals surface area contributed by atoms with Crippen molar-refractivity contribution in [1.29, 1.82) is 0 Å². The Labute approximate surface area is 154 Å². The second-order valence-electron chi connectivity index (χ2n) is 6.21. The molecule has 1 aromatic carbocycles. The quantitative estimate of drug-likeness (QED) is 0.810. The molecule has 0 radical (unpaired) electrons. The number of alkyl halides is 3. The van der Waals surface area contributed by atoms with Gasteiger partial charge in [-0.05, 0) is 18.7 Å². The van der Waals surface area contributed by atoms with Crippen molar-refractivity contribution in [2.75, 3.05) is 32.7 Å². The molecular weight excluding hydrogens is 363 g/mol. The van der Waals surface area contributed by atoms with E-state index < -0.39 is 11.7 Å². The minimum atomic E-state index is -4.35. The summed E-state index contributed by atoms with van der Waals surface area (Å²) in [6.07, 6.45) is -4.12. The molecule has 0 spiro atoms. The molecule has 2 heterocycles. The lowest BCUT2D eigenvalue weighted by Crippen LogP contribution is -2.48. The number of carbonyl (C=O) groups excluding carboxylic acids is 1. The molecule has 1 saturated heterocycles. The number of likely N-dealkylation sites (N-methyl/N-ethyl adjacent to an activating group) is 1. The molecule has 0 N–H and O–H groups in total. The maximum Gasteiger partial charge on any atom is 0.416 e. The van der Waals surface area contributed by atoms with Crippen LogP contribution in [0.2, 0.25) is 0 Å². The summed E-state index contributed by atoms with van der Waals surface area (Å²) in [7, 11) is 0. The molecule has 0 saturated carbocycles. The van der Waals surface area contributed by atoms with Gasteiger partial charge in [-0.3, -0.25) is 4.79 Å². The summed E-state index contributed by atoms with van der Waals surface area (Å²) >= 11 is 1.34. The molecule has 1 aliphatic rings. The SMILES string of the molecule is CCN1CCN(C(=O)Cc2csc(-c3ccc(C(F)(F)F)cc3)n2)CC1. The Morgan fingerprint density at radius 2 is 1.81 bits per heavy atom. The van der Waals surface area contributed by atoms with Crippen molar-refractivity contribution >= 4 is 17.2 Å². The molecule has 1 aliphatic heterocycles. The average molecular weight is 383 g/mol. The summed E-state index contributed by atoms with van der Waals surface area (Å²) in [4.78, 5) is 21.0. The highest BCUT2D eigenvalue weighted by Crippen LogP contribution is 2.31. The topological polar surface area (TPSA) is 36.4 Å². The highest BCUT2D eigenvalue weighted by molar-refractivity contribution is 7.13. The molecule has 1 fully saturated rings. The lowest BCUT2D eigenvalue weighted by Gasteiger charge is -2.34. The normalized spacial score (nSPS) is 16.1. The number of amides is 1. The molecular formula is C18H20F3N3OS. The van der Waals surface area contributed by atoms with Crippen LogP contribution < -0.4 is 0 Å². The van der Waals surface area contributed by atoms with Crippen molar-refractivity contribution < 1.29 is 18.0 Å². The van der Waals surface area contributed by atoms with Gasteiger partial charge in [-0.2, -0.15) is 13.2 Å². The fourth-order valence-electron chi connectivity index (χ4n) is 2.90. The van der Waals surface area contributed by atoms with Gasteiger partial charge < -0.3 is 9.80 Å². The largest absolute Gasteiger partial charge is 0.416 e. The number of benzene rings is 1. The summed E-state index contributed by atoms with van der Waals surface area (Å²) in [5, 5.41) is 2.42. The van der Waals surface area contributed by atoms with E-state index in [1.54, 1.807) is 5.38 Å². The van der Waals surface area contributed by atoms with Crippen molar-refractivity contribution in [3.63, 3.8) is 0 Å². The van der Waals surface area contributed by atoms with Crippen molar-refractivity contribution in [3.05, 3.63) is 40.9 Å². The van der Waals surface area contributed by atoms with Crippen LogP contribution in [0.25, 0.3) is 10.6 Å². The van der Waals surface area contributed by atoms with Gasteiger partial charge in [-0.15, -0.1) is 11.3 Å². The Morgan fingerprint density at radius 1 is 1.15 bits per heavy atom. The first-order valence-electron chi connectivity index (χ1n) is 8.49. The van der Waals surface area contributed by atoms with Crippen molar-refractivity contribution in [2.24, 2.45) is 0 Å². The zero-order chi connectivity index (χ0) is 18.7. The summed E-state index contributed by atoms with van der Waals surface area (Å²) < 4.78 is 37.9. The highest BCUT2D eigenvalue weighted by Gasteiger charge is 2.30. The molecule has 0 unspecified atom stereocenters. The standard InChI is InChI=1S/C18H20F3N3OS/c1-2-23-7-9-24(10-8-23)16(25)11-15-12-26-17(22-15)13-3-5-14(6-4-13)18(19,20)21/h3-6,12H,2,7-11H2,1H3. The molecule has 140 valence electrons. The molecule has 4 nitrogen and oxygen atoms in total. The van der Waals surface area contributed by atoms with Gasteiger partial charge in [0.1, 0.15) is 5.01 Å². The Kier molecular flexibility index (Phi) is 5.62. The van der Waals surface area contributed by atoms with E-state index in [1.165, 1.54) is 23.5 Å². The van der Waals surface area contributed by atoms with E-state index in [4.69, 9.17) is 0 Å². The van der Waals surface area contributed by atoms with Gasteiger partial charge in [0, 0.05) is 37.1 Å². The fourth-order valence-corrected chi connectivity index (χ4v) is 3.73. The number of hydrogen-bond acceptors (Lipinski definition) is 4. The van der Waals surface area contributed by atoms with Gasteiger partial charge in [0.2, 0.25) is 5.91 Å². The second kappa shape index (κ2) is 7.75. The predicted octanol–water partition coefficient (Wildman–Crippen LogP) is 3.54. The minimum Gasteiger partial charge on any atom is -0.340 e. The maximum atomic E-state index is 12.6. The van der Waals surface area contributed by atoms with Crippen LogP contribution in [0.3, 0.4) is 0 Å². The summed E-state index contributed by atoms with van der Waals surface area (Å²) in [6, 6.07) is 4.93. The van der Waals surface area contributed by atoms with Crippen LogP contribution in [0.4, 0.5) is 13.2 Å². The third-order valence-corrected chi connectivity index (χ3v) is 5.46. The fraction of sp³-hybridized carbons (Fsp3) is 0.444. The number of halogens is 3. The Hall–Kier alpha value is -1.93. The van der Waals surface area contributed by atoms with E-state index in [-0.39, 0.29) is 12.3 Å². The lowest BCUT2D eigenvalue weighted by atomic mass is 10.1. The minimum absolute atomic E-state index is 0.0463. The van der Waals surface area contributed by atoms with Crippen LogP contribution in [0.15, 0.2) is 29.6 Å². The summed E-state index contributed by atoms with van der Waals surface area (Å²) in [5.74, 6) is 0.0463. The number of hydrogen-bond donors (Lipinski definition) is 0. The monoisotopic (exact) mass is 383 g/mol. The number of piperazine rings is 1. The van der Waals surface area contributed by atoms with Gasteiger partial charge >= 0.3 is 6.18 Å². The number of rotatable bonds is 4. The molecule has 26 heavy (non-hydrogen) atoms. The number of thiazole rings is 1. The van der Waals surface area contributed by atoms with Gasteiger partial charge in [0.05, 0.1) is 17.7 Å². The Balaban J connectivity index is 1.62. The molecule has 1 amide bonds. The van der Waals surface area contributed by atoms with Gasteiger partial charge in [-0.25, -0.2) is 4.98 Å². The molecule has 8 heteroatoms. The lowest BCUT2D eigenvalue weighted by molar-refractivity contribution is -0.137. The average Bonchev–Trinajstić information content (AvgIpc) is 3.09. The van der Waals surface area contributed by atoms with Crippen LogP contribution >= 0.6 is 11.3 Å². The number of aromatic nitrogens is 1. The van der Waals surface area contributed by atoms with Crippen LogP contribution in [0.5, 0.6) is 0 Å². The first kappa shape index (κ1) is 18.8. The third-order valence-electron chi connectivity index (χ3n) is 4.52. The molecule has 0 atom stereocenters. The summed E-state index contributed by atoms with van der Waals surface area (Å²) in [6.45, 7) is 6.32. The highest BCUT2D eigenvalue weighted by atomic mass is 32.1. The van der Waals surface area contributed by atoms with E-state index in [1.807, 2.05) is 4.90 Å². The maximum absolute atomic E-state index is 12.6. The van der Waals surface area contributed by atoms with Crippen molar-refractivity contribution in [1.82, 2.24) is 14.8 Å². The zero-order valence-corrected chi connectivity index (χ0v) is 15.2. The van der Waals surface area contributed by atoms with Gasteiger partial charge in [0.15, 0.2) is 0 Å². The smallest absolute Gasteiger partial charge is 0.340 e. The van der Waals surface area contributed by atoms with E-state index in [2.05, 4.69) is 16.8 Å². The molecule has 0 aliphatic carbocycles. The number of carbonyl (C=O) groups is 1. The van der Waals surface area contributed by atoms with E-state index in [0.717, 1.165) is 44.9 Å². The molecule has 1 aromatic heterocycles. The Morgan fingerprint density at radius 3 is 2.38 bits per heavy atom. The zero-order valence-electron chi connectivity index (χ0n) is 14.4. The molecule has 2 aromatic rings. The Bertz CT molecular complexity index is 750. The van der Waals surface area contributed by atoms with Crippen molar-refractivity contribution in [3.8, 4) is 10.6 Å². The third kappa shape index (κ3) is 4.42. The second-order valence-corrected chi connectivity index (χ2v) is 7.07. The van der Waals surface area contributed by atoms with Crippen LogP contribution in [0.1, 0.15) is 18.2 Å². The predicted molar refractivity (Wildman–Crippen MR) is 95.0 cm³/mol. The number of nitrogens with zero attached hydrogens (tertiary/aromatic N) is 3. The molecule has 0 bridgehead atoms.